The zero-order valence-corrected chi connectivity index (χ0v) is 11.4. The molecule has 8 heteroatoms. The molecule has 0 spiro atoms. The lowest BCUT2D eigenvalue weighted by Gasteiger charge is -2.07. The Morgan fingerprint density at radius 3 is 2.90 bits per heavy atom. The zero-order valence-electron chi connectivity index (χ0n) is 10.5. The van der Waals surface area contributed by atoms with Crippen molar-refractivity contribution in [3.05, 3.63) is 18.2 Å². The van der Waals surface area contributed by atoms with Gasteiger partial charge < -0.3 is 14.4 Å². The summed E-state index contributed by atoms with van der Waals surface area (Å²) in [7, 11) is 1.48. The van der Waals surface area contributed by atoms with E-state index in [1.54, 1.807) is 18.2 Å². The number of hydrogen-bond acceptors (Lipinski definition) is 4. The van der Waals surface area contributed by atoms with Gasteiger partial charge in [0.15, 0.2) is 5.16 Å². The van der Waals surface area contributed by atoms with Gasteiger partial charge in [0.25, 0.3) is 6.43 Å². The monoisotopic (exact) mass is 302 g/mol. The molecule has 1 N–H and O–H groups in total. The minimum absolute atomic E-state index is 0.232. The minimum Gasteiger partial charge on any atom is -0.497 e. The van der Waals surface area contributed by atoms with Crippen LogP contribution >= 0.6 is 11.8 Å². The molecule has 2 aromatic rings. The highest BCUT2D eigenvalue weighted by atomic mass is 32.2. The number of aliphatic carboxylic acids is 1. The minimum atomic E-state index is -2.55. The molecule has 2 rings (SSSR count). The lowest BCUT2D eigenvalue weighted by molar-refractivity contribution is -0.133. The average molecular weight is 302 g/mol. The highest BCUT2D eigenvalue weighted by Crippen LogP contribution is 2.27. The Bertz CT molecular complexity index is 630. The summed E-state index contributed by atoms with van der Waals surface area (Å²) in [5.41, 5.74) is 1.02. The van der Waals surface area contributed by atoms with Crippen LogP contribution in [0.1, 0.15) is 0 Å². The SMILES string of the molecule is COc1ccc2nc(SCC(=O)O)n(CC(F)F)c2c1. The molecule has 20 heavy (non-hydrogen) atoms. The zero-order chi connectivity index (χ0) is 14.7. The number of imidazole rings is 1. The molecule has 0 aliphatic carbocycles. The number of rotatable bonds is 6. The summed E-state index contributed by atoms with van der Waals surface area (Å²) in [6, 6.07) is 4.93. The summed E-state index contributed by atoms with van der Waals surface area (Å²) in [6.45, 7) is -0.536. The topological polar surface area (TPSA) is 64.3 Å². The Morgan fingerprint density at radius 2 is 2.30 bits per heavy atom. The van der Waals surface area contributed by atoms with Gasteiger partial charge in [-0.25, -0.2) is 13.8 Å². The molecule has 0 fully saturated rings. The van der Waals surface area contributed by atoms with Crippen molar-refractivity contribution in [2.45, 2.75) is 18.1 Å². The van der Waals surface area contributed by atoms with Gasteiger partial charge in [0.1, 0.15) is 5.75 Å². The standard InChI is InChI=1S/C12H12F2N2O3S/c1-19-7-2-3-8-9(4-7)16(5-10(13)14)12(15-8)20-6-11(17)18/h2-4,10H,5-6H2,1H3,(H,17,18). The van der Waals surface area contributed by atoms with E-state index in [0.29, 0.717) is 16.8 Å². The van der Waals surface area contributed by atoms with Crippen LogP contribution in [0.3, 0.4) is 0 Å². The van der Waals surface area contributed by atoms with E-state index >= 15 is 0 Å². The third-order valence-electron chi connectivity index (χ3n) is 2.57. The van der Waals surface area contributed by atoms with Crippen molar-refractivity contribution in [2.75, 3.05) is 12.9 Å². The van der Waals surface area contributed by atoms with Crippen LogP contribution < -0.4 is 4.74 Å². The van der Waals surface area contributed by atoms with Crippen molar-refractivity contribution in [3.8, 4) is 5.75 Å². The number of halogens is 2. The molecular formula is C12H12F2N2O3S. The fraction of sp³-hybridized carbons (Fsp3) is 0.333. The molecule has 5 nitrogen and oxygen atoms in total. The van der Waals surface area contributed by atoms with E-state index in [-0.39, 0.29) is 10.9 Å². The second kappa shape index (κ2) is 6.08. The second-order valence-corrected chi connectivity index (χ2v) is 4.88. The van der Waals surface area contributed by atoms with Crippen LogP contribution in [-0.2, 0) is 11.3 Å². The Labute approximate surface area is 117 Å². The molecule has 0 atom stereocenters. The number of aromatic nitrogens is 2. The number of carboxylic acid groups (broad SMARTS) is 1. The quantitative estimate of drug-likeness (QED) is 0.831. The van der Waals surface area contributed by atoms with E-state index in [1.807, 2.05) is 0 Å². The van der Waals surface area contributed by atoms with Crippen molar-refractivity contribution in [2.24, 2.45) is 0 Å². The Kier molecular flexibility index (Phi) is 4.43. The third kappa shape index (κ3) is 3.19. The molecule has 0 amide bonds. The van der Waals surface area contributed by atoms with E-state index in [4.69, 9.17) is 9.84 Å². The van der Waals surface area contributed by atoms with Crippen molar-refractivity contribution in [1.29, 1.82) is 0 Å². The average Bonchev–Trinajstić information content (AvgIpc) is 2.73. The van der Waals surface area contributed by atoms with E-state index in [0.717, 1.165) is 11.8 Å². The van der Waals surface area contributed by atoms with Crippen LogP contribution in [0, 0.1) is 0 Å². The van der Waals surface area contributed by atoms with Crippen LogP contribution in [-0.4, -0.2) is 39.9 Å². The van der Waals surface area contributed by atoms with Gasteiger partial charge in [0, 0.05) is 6.07 Å². The van der Waals surface area contributed by atoms with Gasteiger partial charge >= 0.3 is 5.97 Å². The first-order valence-corrected chi connectivity index (χ1v) is 6.67. The number of fused-ring (bicyclic) bond motifs is 1. The van der Waals surface area contributed by atoms with Crippen LogP contribution in [0.4, 0.5) is 8.78 Å². The lowest BCUT2D eigenvalue weighted by Crippen LogP contribution is -2.09. The van der Waals surface area contributed by atoms with Crippen LogP contribution in [0.25, 0.3) is 11.0 Å². The number of hydrogen-bond donors (Lipinski definition) is 1. The lowest BCUT2D eigenvalue weighted by atomic mass is 10.3. The van der Waals surface area contributed by atoms with Crippen LogP contribution in [0.2, 0.25) is 0 Å². The van der Waals surface area contributed by atoms with Crippen molar-refractivity contribution in [3.63, 3.8) is 0 Å². The number of methoxy groups -OCH3 is 1. The maximum atomic E-state index is 12.7. The Hall–Kier alpha value is -1.83. The molecule has 0 saturated carbocycles. The molecule has 0 aliphatic rings. The van der Waals surface area contributed by atoms with E-state index in [9.17, 15) is 13.6 Å². The van der Waals surface area contributed by atoms with Gasteiger partial charge in [0.05, 0.1) is 30.4 Å². The molecule has 0 radical (unpaired) electrons. The number of benzene rings is 1. The molecule has 108 valence electrons. The number of nitrogens with zero attached hydrogens (tertiary/aromatic N) is 2. The van der Waals surface area contributed by atoms with Gasteiger partial charge in [-0.15, -0.1) is 0 Å². The predicted octanol–water partition coefficient (Wildman–Crippen LogP) is 2.49. The second-order valence-electron chi connectivity index (χ2n) is 3.93. The van der Waals surface area contributed by atoms with Crippen molar-refractivity contribution >= 4 is 28.8 Å². The van der Waals surface area contributed by atoms with Gasteiger partial charge in [-0.2, -0.15) is 0 Å². The Morgan fingerprint density at radius 1 is 1.55 bits per heavy atom. The maximum absolute atomic E-state index is 12.7. The number of alkyl halides is 2. The molecule has 1 aromatic heterocycles. The largest absolute Gasteiger partial charge is 0.497 e. The maximum Gasteiger partial charge on any atom is 0.313 e. The summed E-state index contributed by atoms with van der Waals surface area (Å²) in [6.07, 6.45) is -2.55. The van der Waals surface area contributed by atoms with E-state index in [1.165, 1.54) is 11.7 Å². The van der Waals surface area contributed by atoms with Crippen LogP contribution in [0.15, 0.2) is 23.4 Å². The first kappa shape index (κ1) is 14.6. The number of thioether (sulfide) groups is 1. The predicted molar refractivity (Wildman–Crippen MR) is 70.6 cm³/mol. The number of ether oxygens (including phenoxy) is 1. The molecule has 1 aromatic carbocycles. The summed E-state index contributed by atoms with van der Waals surface area (Å²) in [5, 5.41) is 8.94. The summed E-state index contributed by atoms with van der Waals surface area (Å²) in [4.78, 5) is 14.8. The molecular weight excluding hydrogens is 290 g/mol. The third-order valence-corrected chi connectivity index (χ3v) is 3.53. The van der Waals surface area contributed by atoms with E-state index < -0.39 is 18.9 Å². The smallest absolute Gasteiger partial charge is 0.313 e. The highest BCUT2D eigenvalue weighted by molar-refractivity contribution is 7.99. The van der Waals surface area contributed by atoms with Gasteiger partial charge in [-0.3, -0.25) is 4.79 Å². The summed E-state index contributed by atoms with van der Waals surface area (Å²) < 4.78 is 31.7. The molecule has 0 unspecified atom stereocenters. The first-order valence-electron chi connectivity index (χ1n) is 5.68. The first-order chi connectivity index (χ1) is 9.51. The molecule has 1 heterocycles. The van der Waals surface area contributed by atoms with Gasteiger partial charge in [-0.05, 0) is 12.1 Å². The number of carbonyl (C=O) groups is 1. The fourth-order valence-electron chi connectivity index (χ4n) is 1.76. The van der Waals surface area contributed by atoms with E-state index in [2.05, 4.69) is 4.98 Å². The molecule has 0 bridgehead atoms. The highest BCUT2D eigenvalue weighted by Gasteiger charge is 2.16. The van der Waals surface area contributed by atoms with Crippen molar-refractivity contribution < 1.29 is 23.4 Å². The molecule has 0 saturated heterocycles. The van der Waals surface area contributed by atoms with Gasteiger partial charge in [-0.1, -0.05) is 11.8 Å². The number of carboxylic acids is 1. The Balaban J connectivity index is 2.46. The molecule has 0 aliphatic heterocycles. The van der Waals surface area contributed by atoms with Crippen molar-refractivity contribution in [1.82, 2.24) is 9.55 Å². The summed E-state index contributed by atoms with van der Waals surface area (Å²) >= 11 is 0.914. The van der Waals surface area contributed by atoms with Gasteiger partial charge in [0.2, 0.25) is 0 Å². The fourth-order valence-corrected chi connectivity index (χ4v) is 2.50. The summed E-state index contributed by atoms with van der Waals surface area (Å²) in [5.74, 6) is -0.727. The van der Waals surface area contributed by atoms with Crippen LogP contribution in [0.5, 0.6) is 5.75 Å². The normalized spacial score (nSPS) is 11.2.